The quantitative estimate of drug-likeness (QED) is 0.504. The van der Waals surface area contributed by atoms with Gasteiger partial charge in [0.15, 0.2) is 0 Å². The fourth-order valence-corrected chi connectivity index (χ4v) is 2.71. The molecule has 0 amide bonds. The Bertz CT molecular complexity index is 673. The molecule has 0 saturated heterocycles. The molecule has 3 aromatic rings. The predicted molar refractivity (Wildman–Crippen MR) is 101 cm³/mol. The Morgan fingerprint density at radius 1 is 0.808 bits per heavy atom. The van der Waals surface area contributed by atoms with E-state index in [9.17, 15) is 10.2 Å². The van der Waals surface area contributed by atoms with Crippen molar-refractivity contribution in [1.82, 2.24) is 4.98 Å². The molecule has 0 aliphatic rings. The van der Waals surface area contributed by atoms with Crippen molar-refractivity contribution in [3.63, 3.8) is 0 Å². The molecule has 2 unspecified atom stereocenters. The topological polar surface area (TPSA) is 53.4 Å². The zero-order chi connectivity index (χ0) is 18.1. The van der Waals surface area contributed by atoms with Crippen LogP contribution in [-0.2, 0) is 20.1 Å². The summed E-state index contributed by atoms with van der Waals surface area (Å²) in [6, 6.07) is 26.4. The van der Waals surface area contributed by atoms with Crippen molar-refractivity contribution < 1.29 is 30.3 Å². The molecule has 3 rings (SSSR count). The second-order valence-electron chi connectivity index (χ2n) is 5.91. The molecule has 0 aliphatic carbocycles. The summed E-state index contributed by atoms with van der Waals surface area (Å²) in [6.45, 7) is 3.40. The average Bonchev–Trinajstić information content (AvgIpc) is 2.64. The number of hydrogen-bond donors (Lipinski definition) is 2. The summed E-state index contributed by atoms with van der Waals surface area (Å²) in [5.74, 6) is -0.193. The first-order chi connectivity index (χ1) is 12.1. The molecule has 3 nitrogen and oxygen atoms in total. The smallest absolute Gasteiger partial charge is 0.0605 e. The molecular formula is C22H24IrNO2-. The molecule has 4 heteroatoms. The summed E-state index contributed by atoms with van der Waals surface area (Å²) in [7, 11) is 0. The fourth-order valence-electron chi connectivity index (χ4n) is 2.71. The van der Waals surface area contributed by atoms with E-state index in [1.54, 1.807) is 20.0 Å². The summed E-state index contributed by atoms with van der Waals surface area (Å²) in [5, 5.41) is 19.0. The maximum atomic E-state index is 9.48. The van der Waals surface area contributed by atoms with Crippen molar-refractivity contribution in [2.75, 3.05) is 0 Å². The predicted octanol–water partition coefficient (Wildman–Crippen LogP) is 4.08. The SMILES string of the molecule is CC(O)C(c1ccccc1)C(C)O.[Ir].[c-]1ccccc1-c1ccccn1. The normalized spacial score (nSPS) is 13.4. The summed E-state index contributed by atoms with van der Waals surface area (Å²) in [4.78, 5) is 4.22. The van der Waals surface area contributed by atoms with Crippen molar-refractivity contribution in [3.8, 4) is 11.3 Å². The zero-order valence-electron chi connectivity index (χ0n) is 14.9. The van der Waals surface area contributed by atoms with E-state index in [2.05, 4.69) is 11.1 Å². The van der Waals surface area contributed by atoms with E-state index >= 15 is 0 Å². The summed E-state index contributed by atoms with van der Waals surface area (Å²) in [5.41, 5.74) is 2.99. The maximum absolute atomic E-state index is 9.48. The van der Waals surface area contributed by atoms with E-state index in [-0.39, 0.29) is 26.0 Å². The van der Waals surface area contributed by atoms with E-state index < -0.39 is 12.2 Å². The van der Waals surface area contributed by atoms with Crippen LogP contribution in [0.5, 0.6) is 0 Å². The van der Waals surface area contributed by atoms with Gasteiger partial charge in [0.25, 0.3) is 0 Å². The zero-order valence-corrected chi connectivity index (χ0v) is 17.3. The molecule has 0 saturated carbocycles. The first-order valence-electron chi connectivity index (χ1n) is 8.38. The molecule has 0 aliphatic heterocycles. The van der Waals surface area contributed by atoms with Gasteiger partial charge in [0.2, 0.25) is 0 Å². The van der Waals surface area contributed by atoms with Gasteiger partial charge in [-0.05, 0) is 31.2 Å². The molecule has 1 radical (unpaired) electrons. The van der Waals surface area contributed by atoms with Crippen LogP contribution >= 0.6 is 0 Å². The Morgan fingerprint density at radius 2 is 1.42 bits per heavy atom. The summed E-state index contributed by atoms with van der Waals surface area (Å²) < 4.78 is 0. The van der Waals surface area contributed by atoms with Gasteiger partial charge in [-0.2, -0.15) is 0 Å². The third-order valence-corrected chi connectivity index (χ3v) is 3.87. The Morgan fingerprint density at radius 3 is 1.92 bits per heavy atom. The van der Waals surface area contributed by atoms with Gasteiger partial charge in [-0.1, -0.05) is 42.5 Å². The van der Waals surface area contributed by atoms with Gasteiger partial charge in [-0.15, -0.1) is 35.9 Å². The minimum Gasteiger partial charge on any atom is -0.393 e. The van der Waals surface area contributed by atoms with E-state index in [1.807, 2.05) is 72.8 Å². The van der Waals surface area contributed by atoms with E-state index in [0.717, 1.165) is 16.8 Å². The minimum atomic E-state index is -0.526. The van der Waals surface area contributed by atoms with Crippen molar-refractivity contribution in [2.24, 2.45) is 0 Å². The van der Waals surface area contributed by atoms with E-state index in [4.69, 9.17) is 0 Å². The van der Waals surface area contributed by atoms with Crippen molar-refractivity contribution in [3.05, 3.63) is 90.6 Å². The summed E-state index contributed by atoms with van der Waals surface area (Å²) >= 11 is 0. The molecule has 2 N–H and O–H groups in total. The number of benzene rings is 2. The second-order valence-corrected chi connectivity index (χ2v) is 5.91. The third-order valence-electron chi connectivity index (χ3n) is 3.87. The molecule has 2 atom stereocenters. The number of aliphatic hydroxyl groups excluding tert-OH is 2. The summed E-state index contributed by atoms with van der Waals surface area (Å²) in [6.07, 6.45) is 0.737. The average molecular weight is 527 g/mol. The Kier molecular flexibility index (Phi) is 10.0. The molecular weight excluding hydrogens is 502 g/mol. The van der Waals surface area contributed by atoms with Gasteiger partial charge in [0, 0.05) is 32.2 Å². The fraction of sp³-hybridized carbons (Fsp3) is 0.227. The number of rotatable bonds is 4. The molecule has 0 fully saturated rings. The van der Waals surface area contributed by atoms with Crippen LogP contribution in [0.1, 0.15) is 25.3 Å². The van der Waals surface area contributed by atoms with Crippen LogP contribution in [0.25, 0.3) is 11.3 Å². The molecule has 1 aromatic heterocycles. The Balaban J connectivity index is 0.000000251. The van der Waals surface area contributed by atoms with Gasteiger partial charge < -0.3 is 15.2 Å². The Labute approximate surface area is 169 Å². The van der Waals surface area contributed by atoms with Gasteiger partial charge in [-0.25, -0.2) is 0 Å². The maximum Gasteiger partial charge on any atom is 0.0605 e. The number of pyridine rings is 1. The van der Waals surface area contributed by atoms with E-state index in [1.165, 1.54) is 0 Å². The minimum absolute atomic E-state index is 0. The van der Waals surface area contributed by atoms with Gasteiger partial charge in [-0.3, -0.25) is 0 Å². The van der Waals surface area contributed by atoms with Gasteiger partial charge in [0.1, 0.15) is 0 Å². The van der Waals surface area contributed by atoms with E-state index in [0.29, 0.717) is 0 Å². The third kappa shape index (κ3) is 6.81. The molecule has 0 spiro atoms. The first kappa shape index (κ1) is 22.2. The van der Waals surface area contributed by atoms with Crippen molar-refractivity contribution in [2.45, 2.75) is 32.0 Å². The monoisotopic (exact) mass is 527 g/mol. The van der Waals surface area contributed by atoms with Crippen molar-refractivity contribution in [1.29, 1.82) is 0 Å². The molecule has 0 bridgehead atoms. The van der Waals surface area contributed by atoms with Crippen LogP contribution < -0.4 is 0 Å². The largest absolute Gasteiger partial charge is 0.393 e. The van der Waals surface area contributed by atoms with Crippen LogP contribution in [0, 0.1) is 6.07 Å². The van der Waals surface area contributed by atoms with Crippen molar-refractivity contribution >= 4 is 0 Å². The number of aliphatic hydroxyl groups is 2. The van der Waals surface area contributed by atoms with Crippen LogP contribution in [0.15, 0.2) is 79.0 Å². The molecule has 1 heterocycles. The Hall–Kier alpha value is -1.84. The molecule has 2 aromatic carbocycles. The van der Waals surface area contributed by atoms with Crippen LogP contribution in [0.3, 0.4) is 0 Å². The van der Waals surface area contributed by atoms with Crippen LogP contribution in [0.4, 0.5) is 0 Å². The van der Waals surface area contributed by atoms with Gasteiger partial charge in [0.05, 0.1) is 12.2 Å². The molecule has 139 valence electrons. The number of hydrogen-bond acceptors (Lipinski definition) is 3. The second kappa shape index (κ2) is 11.7. The van der Waals surface area contributed by atoms with Gasteiger partial charge >= 0.3 is 0 Å². The van der Waals surface area contributed by atoms with Crippen LogP contribution in [-0.4, -0.2) is 27.4 Å². The standard InChI is InChI=1S/C11H8N.C11H16O2.Ir/c1-2-6-10(7-3-1)11-8-4-5-9-12-11;1-8(12)11(9(2)13)10-6-4-3-5-7-10;/h1-6,8-9H;3-9,11-13H,1-2H3;/q-1;;. The molecule has 26 heavy (non-hydrogen) atoms. The number of aromatic nitrogens is 1. The first-order valence-corrected chi connectivity index (χ1v) is 8.38. The van der Waals surface area contributed by atoms with Crippen LogP contribution in [0.2, 0.25) is 0 Å². The number of nitrogens with zero attached hydrogens (tertiary/aromatic N) is 1.